The van der Waals surface area contributed by atoms with Crippen molar-refractivity contribution < 1.29 is 4.39 Å². The maximum absolute atomic E-state index is 13.2. The molecule has 1 aromatic carbocycles. The predicted octanol–water partition coefficient (Wildman–Crippen LogP) is 3.89. The number of halogens is 1. The van der Waals surface area contributed by atoms with E-state index in [1.807, 2.05) is 13.0 Å². The van der Waals surface area contributed by atoms with Crippen LogP contribution in [0, 0.1) is 18.2 Å². The second-order valence-corrected chi connectivity index (χ2v) is 6.31. The summed E-state index contributed by atoms with van der Waals surface area (Å²) in [7, 11) is 0. The summed E-state index contributed by atoms with van der Waals surface area (Å²) in [6, 6.07) is 4.98. The monoisotopic (exact) mass is 235 g/mol. The summed E-state index contributed by atoms with van der Waals surface area (Å²) in [5, 5.41) is 0. The average molecular weight is 235 g/mol. The van der Waals surface area contributed by atoms with Gasteiger partial charge in [0, 0.05) is 5.54 Å². The summed E-state index contributed by atoms with van der Waals surface area (Å²) >= 11 is 0. The van der Waals surface area contributed by atoms with Crippen molar-refractivity contribution in [2.45, 2.75) is 52.0 Å². The molecule has 0 bridgehead atoms. The van der Waals surface area contributed by atoms with Crippen molar-refractivity contribution in [2.24, 2.45) is 11.1 Å². The van der Waals surface area contributed by atoms with E-state index in [4.69, 9.17) is 5.73 Å². The van der Waals surface area contributed by atoms with E-state index >= 15 is 0 Å². The Labute approximate surface area is 103 Å². The third-order valence-electron chi connectivity index (χ3n) is 4.00. The predicted molar refractivity (Wildman–Crippen MR) is 69.3 cm³/mol. The molecule has 1 fully saturated rings. The van der Waals surface area contributed by atoms with Crippen LogP contribution in [0.25, 0.3) is 0 Å². The van der Waals surface area contributed by atoms with Crippen molar-refractivity contribution in [3.05, 3.63) is 35.1 Å². The zero-order valence-electron chi connectivity index (χ0n) is 11.0. The minimum absolute atomic E-state index is 0.176. The van der Waals surface area contributed by atoms with Crippen LogP contribution in [0.3, 0.4) is 0 Å². The lowest BCUT2D eigenvalue weighted by Crippen LogP contribution is -2.44. The first-order valence-electron chi connectivity index (χ1n) is 6.38. The summed E-state index contributed by atoms with van der Waals surface area (Å²) in [5.74, 6) is -0.176. The molecule has 17 heavy (non-hydrogen) atoms. The molecule has 1 nitrogen and oxygen atoms in total. The van der Waals surface area contributed by atoms with Gasteiger partial charge in [-0.1, -0.05) is 26.3 Å². The van der Waals surface area contributed by atoms with Crippen LogP contribution in [0.1, 0.15) is 50.7 Å². The SMILES string of the molecule is Cc1cc(F)ccc1C1(N)CCCC(C)(C)C1. The zero-order valence-corrected chi connectivity index (χ0v) is 11.0. The third kappa shape index (κ3) is 2.52. The van der Waals surface area contributed by atoms with Crippen molar-refractivity contribution in [2.75, 3.05) is 0 Å². The summed E-state index contributed by atoms with van der Waals surface area (Å²) < 4.78 is 13.2. The molecule has 1 saturated carbocycles. The Hall–Kier alpha value is -0.890. The molecule has 94 valence electrons. The van der Waals surface area contributed by atoms with E-state index in [0.717, 1.165) is 30.4 Å². The first-order chi connectivity index (χ1) is 7.82. The van der Waals surface area contributed by atoms with Gasteiger partial charge in [0.15, 0.2) is 0 Å². The molecule has 1 aromatic rings. The zero-order chi connectivity index (χ0) is 12.7. The molecule has 2 rings (SSSR count). The average Bonchev–Trinajstić information content (AvgIpc) is 2.14. The van der Waals surface area contributed by atoms with Crippen LogP contribution in [-0.4, -0.2) is 0 Å². The van der Waals surface area contributed by atoms with Crippen molar-refractivity contribution in [1.29, 1.82) is 0 Å². The molecule has 0 radical (unpaired) electrons. The van der Waals surface area contributed by atoms with Gasteiger partial charge in [0.05, 0.1) is 0 Å². The van der Waals surface area contributed by atoms with E-state index < -0.39 is 0 Å². The van der Waals surface area contributed by atoms with Crippen LogP contribution in [-0.2, 0) is 5.54 Å². The Balaban J connectivity index is 2.37. The smallest absolute Gasteiger partial charge is 0.123 e. The minimum Gasteiger partial charge on any atom is -0.321 e. The second kappa shape index (κ2) is 4.09. The first-order valence-corrected chi connectivity index (χ1v) is 6.38. The number of hydrogen-bond acceptors (Lipinski definition) is 1. The Morgan fingerprint density at radius 2 is 1.94 bits per heavy atom. The van der Waals surface area contributed by atoms with E-state index in [2.05, 4.69) is 13.8 Å². The molecule has 1 atom stereocenters. The van der Waals surface area contributed by atoms with Gasteiger partial charge in [0.2, 0.25) is 0 Å². The van der Waals surface area contributed by atoms with Gasteiger partial charge in [-0.15, -0.1) is 0 Å². The second-order valence-electron chi connectivity index (χ2n) is 6.31. The molecule has 0 aliphatic heterocycles. The van der Waals surface area contributed by atoms with Gasteiger partial charge in [-0.25, -0.2) is 4.39 Å². The van der Waals surface area contributed by atoms with Gasteiger partial charge < -0.3 is 5.73 Å². The molecule has 1 unspecified atom stereocenters. The third-order valence-corrected chi connectivity index (χ3v) is 4.00. The summed E-state index contributed by atoms with van der Waals surface area (Å²) in [6.07, 6.45) is 4.36. The lowest BCUT2D eigenvalue weighted by molar-refractivity contribution is 0.150. The number of nitrogens with two attached hydrogens (primary N) is 1. The molecule has 2 heteroatoms. The molecule has 2 N–H and O–H groups in total. The van der Waals surface area contributed by atoms with E-state index in [1.54, 1.807) is 6.07 Å². The quantitative estimate of drug-likeness (QED) is 0.785. The fourth-order valence-corrected chi connectivity index (χ4v) is 3.33. The van der Waals surface area contributed by atoms with Gasteiger partial charge in [-0.3, -0.25) is 0 Å². The molecule has 0 spiro atoms. The van der Waals surface area contributed by atoms with Gasteiger partial charge in [0.25, 0.3) is 0 Å². The van der Waals surface area contributed by atoms with E-state index in [-0.39, 0.29) is 16.8 Å². The minimum atomic E-state index is -0.278. The Kier molecular flexibility index (Phi) is 3.03. The first kappa shape index (κ1) is 12.6. The van der Waals surface area contributed by atoms with Crippen molar-refractivity contribution in [3.8, 4) is 0 Å². The fourth-order valence-electron chi connectivity index (χ4n) is 3.33. The summed E-state index contributed by atoms with van der Waals surface area (Å²) in [5.41, 5.74) is 8.69. The highest BCUT2D eigenvalue weighted by atomic mass is 19.1. The molecule has 0 heterocycles. The van der Waals surface area contributed by atoms with Crippen LogP contribution >= 0.6 is 0 Å². The van der Waals surface area contributed by atoms with Crippen molar-refractivity contribution in [1.82, 2.24) is 0 Å². The molecule has 0 amide bonds. The Morgan fingerprint density at radius 1 is 1.24 bits per heavy atom. The van der Waals surface area contributed by atoms with E-state index in [0.29, 0.717) is 0 Å². The van der Waals surface area contributed by atoms with Crippen molar-refractivity contribution in [3.63, 3.8) is 0 Å². The number of hydrogen-bond donors (Lipinski definition) is 1. The highest BCUT2D eigenvalue weighted by Gasteiger charge is 2.38. The lowest BCUT2D eigenvalue weighted by Gasteiger charge is -2.43. The summed E-state index contributed by atoms with van der Waals surface area (Å²) in [6.45, 7) is 6.49. The number of rotatable bonds is 1. The standard InChI is InChI=1S/C15H22FN/c1-11-9-12(16)5-6-13(11)15(17)8-4-7-14(2,3)10-15/h5-6,9H,4,7-8,10,17H2,1-3H3. The van der Waals surface area contributed by atoms with Crippen LogP contribution in [0.2, 0.25) is 0 Å². The maximum Gasteiger partial charge on any atom is 0.123 e. The van der Waals surface area contributed by atoms with Gasteiger partial charge in [0.1, 0.15) is 5.82 Å². The molecular weight excluding hydrogens is 213 g/mol. The molecule has 0 saturated heterocycles. The molecule has 1 aliphatic carbocycles. The summed E-state index contributed by atoms with van der Waals surface area (Å²) in [4.78, 5) is 0. The van der Waals surface area contributed by atoms with Gasteiger partial charge in [-0.2, -0.15) is 0 Å². The van der Waals surface area contributed by atoms with E-state index in [9.17, 15) is 4.39 Å². The lowest BCUT2D eigenvalue weighted by atomic mass is 9.65. The molecule has 0 aromatic heterocycles. The number of benzene rings is 1. The van der Waals surface area contributed by atoms with Crippen molar-refractivity contribution >= 4 is 0 Å². The highest BCUT2D eigenvalue weighted by Crippen LogP contribution is 2.45. The highest BCUT2D eigenvalue weighted by molar-refractivity contribution is 5.33. The van der Waals surface area contributed by atoms with Crippen LogP contribution in [0.5, 0.6) is 0 Å². The van der Waals surface area contributed by atoms with Gasteiger partial charge >= 0.3 is 0 Å². The van der Waals surface area contributed by atoms with Gasteiger partial charge in [-0.05, 0) is 54.9 Å². The van der Waals surface area contributed by atoms with E-state index in [1.165, 1.54) is 12.5 Å². The molecule has 1 aliphatic rings. The molecular formula is C15H22FN. The topological polar surface area (TPSA) is 26.0 Å². The normalized spacial score (nSPS) is 28.1. The van der Waals surface area contributed by atoms with Crippen LogP contribution in [0.15, 0.2) is 18.2 Å². The Bertz CT molecular complexity index is 425. The maximum atomic E-state index is 13.2. The van der Waals surface area contributed by atoms with Crippen LogP contribution < -0.4 is 5.73 Å². The van der Waals surface area contributed by atoms with Crippen LogP contribution in [0.4, 0.5) is 4.39 Å². The number of aryl methyl sites for hydroxylation is 1. The fraction of sp³-hybridized carbons (Fsp3) is 0.600. The Morgan fingerprint density at radius 3 is 2.53 bits per heavy atom. The largest absolute Gasteiger partial charge is 0.321 e.